The summed E-state index contributed by atoms with van der Waals surface area (Å²) < 4.78 is 5.39. The van der Waals surface area contributed by atoms with Gasteiger partial charge in [-0.15, -0.1) is 22.7 Å². The van der Waals surface area contributed by atoms with Crippen LogP contribution >= 0.6 is 22.7 Å². The van der Waals surface area contributed by atoms with Crippen molar-refractivity contribution >= 4 is 106 Å². The number of hydrogen-bond acceptors (Lipinski definition) is 2. The maximum absolute atomic E-state index is 2.43. The average Bonchev–Trinajstić information content (AvgIpc) is 3.79. The fourth-order valence-corrected chi connectivity index (χ4v) is 11.2. The summed E-state index contributed by atoms with van der Waals surface area (Å²) in [6.45, 7) is 0. The Morgan fingerprint density at radius 1 is 0.259 bits per heavy atom. The third kappa shape index (κ3) is 4.42. The highest BCUT2D eigenvalue weighted by molar-refractivity contribution is 7.28. The van der Waals surface area contributed by atoms with Gasteiger partial charge in [0.15, 0.2) is 0 Å². The van der Waals surface area contributed by atoms with E-state index in [0.717, 1.165) is 0 Å². The van der Waals surface area contributed by atoms with Crippen LogP contribution in [-0.4, -0.2) is 0 Å². The van der Waals surface area contributed by atoms with Gasteiger partial charge in [0, 0.05) is 40.3 Å². The Balaban J connectivity index is 1.03. The largest absolute Gasteiger partial charge is 0.135 e. The Morgan fingerprint density at radius 2 is 0.741 bits per heavy atom. The summed E-state index contributed by atoms with van der Waals surface area (Å²) in [5.74, 6) is 0. The van der Waals surface area contributed by atoms with Gasteiger partial charge in [-0.1, -0.05) is 146 Å². The van der Waals surface area contributed by atoms with E-state index in [1.54, 1.807) is 0 Å². The second kappa shape index (κ2) is 11.6. The van der Waals surface area contributed by atoms with Crippen LogP contribution in [0.2, 0.25) is 0 Å². The van der Waals surface area contributed by atoms with E-state index in [9.17, 15) is 0 Å². The number of benzene rings is 10. The fourth-order valence-electron chi connectivity index (χ4n) is 9.00. The second-order valence-electron chi connectivity index (χ2n) is 14.4. The van der Waals surface area contributed by atoms with Crippen molar-refractivity contribution in [2.45, 2.75) is 0 Å². The van der Waals surface area contributed by atoms with Gasteiger partial charge < -0.3 is 0 Å². The van der Waals surface area contributed by atoms with Crippen LogP contribution in [0.3, 0.4) is 0 Å². The van der Waals surface area contributed by atoms with E-state index in [4.69, 9.17) is 0 Å². The SMILES string of the molecule is c1ccc2cc3c(cc2c1)sc1ccc2sc4ccc(-c5ccc(-c6c7ccccc7c(-c7cccc8ccccc78)c7ccccc67)cc5)cc4c2c13. The molecular formula is C52H30S2. The van der Waals surface area contributed by atoms with Crippen LogP contribution in [0.4, 0.5) is 0 Å². The maximum atomic E-state index is 2.43. The van der Waals surface area contributed by atoms with Crippen LogP contribution in [0.5, 0.6) is 0 Å². The zero-order valence-electron chi connectivity index (χ0n) is 29.1. The molecule has 2 aromatic heterocycles. The molecule has 0 amide bonds. The van der Waals surface area contributed by atoms with Crippen molar-refractivity contribution in [2.24, 2.45) is 0 Å². The molecule has 0 aliphatic heterocycles. The molecule has 0 fully saturated rings. The molecule has 0 unspecified atom stereocenters. The molecule has 0 spiro atoms. The molecule has 0 radical (unpaired) electrons. The Morgan fingerprint density at radius 3 is 1.43 bits per heavy atom. The molecule has 10 aromatic carbocycles. The third-order valence-corrected chi connectivity index (χ3v) is 13.7. The number of thiophene rings is 2. The summed E-state index contributed by atoms with van der Waals surface area (Å²) in [6.07, 6.45) is 0. The van der Waals surface area contributed by atoms with Crippen molar-refractivity contribution in [3.05, 3.63) is 182 Å². The molecule has 12 rings (SSSR count). The Labute approximate surface area is 319 Å². The van der Waals surface area contributed by atoms with Crippen molar-refractivity contribution in [2.75, 3.05) is 0 Å². The van der Waals surface area contributed by atoms with Gasteiger partial charge >= 0.3 is 0 Å². The maximum Gasteiger partial charge on any atom is 0.0362 e. The lowest BCUT2D eigenvalue weighted by Crippen LogP contribution is -1.91. The summed E-state index contributed by atoms with van der Waals surface area (Å²) in [4.78, 5) is 0. The van der Waals surface area contributed by atoms with E-state index in [1.165, 1.54) is 117 Å². The molecule has 0 bridgehead atoms. The summed E-state index contributed by atoms with van der Waals surface area (Å²) in [5, 5.41) is 15.7. The Bertz CT molecular complexity index is 3430. The average molecular weight is 719 g/mol. The van der Waals surface area contributed by atoms with Crippen LogP contribution < -0.4 is 0 Å². The molecule has 2 heterocycles. The highest BCUT2D eigenvalue weighted by Crippen LogP contribution is 2.48. The van der Waals surface area contributed by atoms with Crippen LogP contribution in [0.15, 0.2) is 182 Å². The van der Waals surface area contributed by atoms with E-state index in [1.807, 2.05) is 22.7 Å². The zero-order valence-corrected chi connectivity index (χ0v) is 30.8. The predicted molar refractivity (Wildman–Crippen MR) is 239 cm³/mol. The van der Waals surface area contributed by atoms with Crippen molar-refractivity contribution in [3.8, 4) is 33.4 Å². The highest BCUT2D eigenvalue weighted by Gasteiger charge is 2.19. The lowest BCUT2D eigenvalue weighted by atomic mass is 9.84. The first kappa shape index (κ1) is 30.2. The highest BCUT2D eigenvalue weighted by atomic mass is 32.1. The Hall–Kier alpha value is -6.32. The van der Waals surface area contributed by atoms with Crippen LogP contribution in [0.1, 0.15) is 0 Å². The monoisotopic (exact) mass is 718 g/mol. The molecule has 0 aliphatic carbocycles. The van der Waals surface area contributed by atoms with Crippen LogP contribution in [0, 0.1) is 0 Å². The van der Waals surface area contributed by atoms with E-state index in [2.05, 4.69) is 182 Å². The van der Waals surface area contributed by atoms with Gasteiger partial charge in [0.1, 0.15) is 0 Å². The molecule has 12 aromatic rings. The van der Waals surface area contributed by atoms with Crippen molar-refractivity contribution in [1.82, 2.24) is 0 Å². The van der Waals surface area contributed by atoms with E-state index >= 15 is 0 Å². The van der Waals surface area contributed by atoms with Gasteiger partial charge in [0.25, 0.3) is 0 Å². The summed E-state index contributed by atoms with van der Waals surface area (Å²) in [5.41, 5.74) is 7.58. The first-order chi connectivity index (χ1) is 26.8. The standard InChI is InChI=1S/C52H30S2/c1-2-12-35-30-48-44(28-34(35)11-1)52-47(54-48)27-26-46-51(52)43-29-36(24-25-45(43)53-46)31-20-22-33(23-21-31)49-39-15-5-7-17-41(39)50(42-18-8-6-16-40(42)49)38-19-9-13-32-10-3-4-14-37(32)38/h1-30H. The first-order valence-electron chi connectivity index (χ1n) is 18.5. The Kier molecular flexibility index (Phi) is 6.48. The van der Waals surface area contributed by atoms with Crippen LogP contribution in [0.25, 0.3) is 117 Å². The molecule has 54 heavy (non-hydrogen) atoms. The first-order valence-corrected chi connectivity index (χ1v) is 20.1. The quantitative estimate of drug-likeness (QED) is 0.160. The topological polar surface area (TPSA) is 0 Å². The minimum Gasteiger partial charge on any atom is -0.135 e. The molecule has 0 aliphatic rings. The summed E-state index contributed by atoms with van der Waals surface area (Å²) in [7, 11) is 0. The molecule has 0 saturated heterocycles. The van der Waals surface area contributed by atoms with E-state index in [-0.39, 0.29) is 0 Å². The van der Waals surface area contributed by atoms with E-state index in [0.29, 0.717) is 0 Å². The molecule has 0 N–H and O–H groups in total. The van der Waals surface area contributed by atoms with E-state index < -0.39 is 0 Å². The number of rotatable bonds is 3. The van der Waals surface area contributed by atoms with Gasteiger partial charge in [0.2, 0.25) is 0 Å². The molecular weight excluding hydrogens is 689 g/mol. The third-order valence-electron chi connectivity index (χ3n) is 11.4. The molecule has 2 heteroatoms. The summed E-state index contributed by atoms with van der Waals surface area (Å²) >= 11 is 3.81. The number of fused-ring (bicyclic) bond motifs is 11. The molecule has 0 nitrogen and oxygen atoms in total. The van der Waals surface area contributed by atoms with Crippen molar-refractivity contribution in [1.29, 1.82) is 0 Å². The smallest absolute Gasteiger partial charge is 0.0362 e. The normalized spacial score (nSPS) is 12.1. The van der Waals surface area contributed by atoms with Gasteiger partial charge in [-0.3, -0.25) is 0 Å². The van der Waals surface area contributed by atoms with Gasteiger partial charge in [0.05, 0.1) is 0 Å². The van der Waals surface area contributed by atoms with Crippen LogP contribution in [-0.2, 0) is 0 Å². The predicted octanol–water partition coefficient (Wildman–Crippen LogP) is 16.0. The van der Waals surface area contributed by atoms with Crippen molar-refractivity contribution in [3.63, 3.8) is 0 Å². The van der Waals surface area contributed by atoms with Crippen molar-refractivity contribution < 1.29 is 0 Å². The molecule has 0 atom stereocenters. The lowest BCUT2D eigenvalue weighted by molar-refractivity contribution is 1.64. The minimum absolute atomic E-state index is 1.23. The zero-order chi connectivity index (χ0) is 35.3. The second-order valence-corrected chi connectivity index (χ2v) is 16.5. The number of hydrogen-bond donors (Lipinski definition) is 0. The molecule has 0 saturated carbocycles. The van der Waals surface area contributed by atoms with Gasteiger partial charge in [-0.05, 0) is 113 Å². The van der Waals surface area contributed by atoms with Gasteiger partial charge in [-0.25, -0.2) is 0 Å². The fraction of sp³-hybridized carbons (Fsp3) is 0. The minimum atomic E-state index is 1.23. The molecule has 250 valence electrons. The summed E-state index contributed by atoms with van der Waals surface area (Å²) in [6, 6.07) is 67.8. The van der Waals surface area contributed by atoms with Gasteiger partial charge in [-0.2, -0.15) is 0 Å². The lowest BCUT2D eigenvalue weighted by Gasteiger charge is -2.19.